The summed E-state index contributed by atoms with van der Waals surface area (Å²) >= 11 is 1.39. The number of hydrogen-bond acceptors (Lipinski definition) is 11. The molecule has 5 rings (SSSR count). The second kappa shape index (κ2) is 9.92. The third-order valence-electron chi connectivity index (χ3n) is 5.35. The van der Waals surface area contributed by atoms with Crippen molar-refractivity contribution >= 4 is 39.8 Å². The first-order valence-corrected chi connectivity index (χ1v) is 11.7. The van der Waals surface area contributed by atoms with Crippen molar-refractivity contribution in [3.05, 3.63) is 77.7 Å². The summed E-state index contributed by atoms with van der Waals surface area (Å²) in [6.07, 6.45) is 8.60. The number of rotatable bonds is 7. The molecule has 1 aliphatic rings. The predicted octanol–water partition coefficient (Wildman–Crippen LogP) is 2.58. The Kier molecular flexibility index (Phi) is 6.36. The topological polar surface area (TPSA) is 145 Å². The molecule has 0 saturated carbocycles. The maximum Gasteiger partial charge on any atom is 0.169 e. The van der Waals surface area contributed by atoms with Crippen molar-refractivity contribution in [2.75, 3.05) is 11.9 Å². The number of aromatic nitrogens is 6. The molecule has 4 aromatic heterocycles. The van der Waals surface area contributed by atoms with Gasteiger partial charge in [-0.05, 0) is 42.7 Å². The first-order chi connectivity index (χ1) is 17.5. The third-order valence-corrected chi connectivity index (χ3v) is 6.25. The molecule has 3 N–H and O–H groups in total. The van der Waals surface area contributed by atoms with E-state index >= 15 is 0 Å². The largest absolute Gasteiger partial charge is 0.484 e. The van der Waals surface area contributed by atoms with Crippen LogP contribution in [-0.4, -0.2) is 52.2 Å². The molecule has 0 amide bonds. The minimum Gasteiger partial charge on any atom is -0.484 e. The second-order valence-corrected chi connectivity index (χ2v) is 8.64. The summed E-state index contributed by atoms with van der Waals surface area (Å²) < 4.78 is 11.8. The van der Waals surface area contributed by atoms with Crippen LogP contribution in [0.4, 0.5) is 5.69 Å². The van der Waals surface area contributed by atoms with Gasteiger partial charge in [-0.3, -0.25) is 9.67 Å². The second-order valence-electron chi connectivity index (χ2n) is 7.84. The molecule has 0 fully saturated rings. The van der Waals surface area contributed by atoms with Gasteiger partial charge < -0.3 is 15.9 Å². The molecule has 0 spiro atoms. The summed E-state index contributed by atoms with van der Waals surface area (Å²) in [7, 11) is 1.81. The van der Waals surface area contributed by atoms with Crippen molar-refractivity contribution in [1.29, 1.82) is 0 Å². The molecule has 0 atom stereocenters. The van der Waals surface area contributed by atoms with E-state index in [1.807, 2.05) is 44.3 Å². The number of allylic oxidation sites excluding steroid dienone is 2. The minimum absolute atomic E-state index is 0.274. The van der Waals surface area contributed by atoms with Gasteiger partial charge in [0.25, 0.3) is 0 Å². The van der Waals surface area contributed by atoms with Gasteiger partial charge in [-0.2, -0.15) is 19.7 Å². The van der Waals surface area contributed by atoms with Crippen molar-refractivity contribution in [3.63, 3.8) is 0 Å². The summed E-state index contributed by atoms with van der Waals surface area (Å²) in [5.74, 6) is 7.51. The van der Waals surface area contributed by atoms with Crippen LogP contribution in [0.5, 0.6) is 5.75 Å². The van der Waals surface area contributed by atoms with E-state index in [4.69, 9.17) is 10.6 Å². The van der Waals surface area contributed by atoms with Crippen molar-refractivity contribution in [3.8, 4) is 5.75 Å². The first kappa shape index (κ1) is 23.1. The number of fused-ring (bicyclic) bond motifs is 1. The highest BCUT2D eigenvalue weighted by molar-refractivity contribution is 7.08. The maximum atomic E-state index is 5.81. The predicted molar refractivity (Wildman–Crippen MR) is 138 cm³/mol. The van der Waals surface area contributed by atoms with E-state index in [2.05, 4.69) is 46.5 Å². The Hall–Kier alpha value is -4.65. The van der Waals surface area contributed by atoms with E-state index in [1.54, 1.807) is 22.1 Å². The Balaban J connectivity index is 1.31. The Labute approximate surface area is 210 Å². The molecule has 36 heavy (non-hydrogen) atoms. The number of pyridine rings is 2. The average molecular weight is 502 g/mol. The van der Waals surface area contributed by atoms with E-state index < -0.39 is 0 Å². The molecule has 12 nitrogen and oxygen atoms in total. The van der Waals surface area contributed by atoms with Crippen LogP contribution in [0.2, 0.25) is 0 Å². The monoisotopic (exact) mass is 501 g/mol. The summed E-state index contributed by atoms with van der Waals surface area (Å²) in [5.41, 5.74) is 4.47. The van der Waals surface area contributed by atoms with Crippen molar-refractivity contribution in [2.45, 2.75) is 13.5 Å². The molecule has 0 saturated heterocycles. The Morgan fingerprint density at radius 2 is 2.14 bits per heavy atom. The first-order valence-electron chi connectivity index (χ1n) is 10.9. The fourth-order valence-corrected chi connectivity index (χ4v) is 4.19. The number of ether oxygens (including phenoxy) is 1. The number of amidine groups is 1. The highest BCUT2D eigenvalue weighted by Crippen LogP contribution is 2.24. The number of hydrogen-bond donors (Lipinski definition) is 2. The lowest BCUT2D eigenvalue weighted by molar-refractivity contribution is 0.289. The molecular formula is C23H23N11OS. The molecule has 13 heteroatoms. The smallest absolute Gasteiger partial charge is 0.169 e. The highest BCUT2D eigenvalue weighted by atomic mass is 32.1. The Bertz CT molecular complexity index is 1520. The lowest BCUT2D eigenvalue weighted by atomic mass is 10.2. The number of anilines is 1. The van der Waals surface area contributed by atoms with Gasteiger partial charge in [-0.1, -0.05) is 6.58 Å². The standard InChI is InChI=1S/C23H23N11OS/c1-14-8-20(36-32-14)17-5-4-15(2)34(31-17)21(30-24)11-26-18-6-7-25-19-9-16(10-27-23(18)19)35-12-22-28-13-29-33(22)3/h4-10,13H,2,11-12,24H2,1,3H3,(H,25,26)/b30-21-. The van der Waals surface area contributed by atoms with Crippen LogP contribution in [0.15, 0.2) is 71.6 Å². The van der Waals surface area contributed by atoms with Crippen LogP contribution >= 0.6 is 11.5 Å². The number of hydrazone groups is 2. The summed E-state index contributed by atoms with van der Waals surface area (Å²) in [6.45, 7) is 6.57. The fourth-order valence-electron chi connectivity index (χ4n) is 3.47. The fraction of sp³-hybridized carbons (Fsp3) is 0.174. The molecule has 0 bridgehead atoms. The van der Waals surface area contributed by atoms with Gasteiger partial charge in [0, 0.05) is 19.3 Å². The van der Waals surface area contributed by atoms with Crippen LogP contribution in [0, 0.1) is 6.92 Å². The number of nitrogens with two attached hydrogens (primary N) is 1. The van der Waals surface area contributed by atoms with Crippen LogP contribution < -0.4 is 15.9 Å². The maximum absolute atomic E-state index is 5.81. The summed E-state index contributed by atoms with van der Waals surface area (Å²) in [4.78, 5) is 14.1. The molecule has 1 aliphatic heterocycles. The average Bonchev–Trinajstić information content (AvgIpc) is 3.51. The molecular weight excluding hydrogens is 478 g/mol. The van der Waals surface area contributed by atoms with Gasteiger partial charge in [-0.15, -0.1) is 0 Å². The third kappa shape index (κ3) is 4.77. The van der Waals surface area contributed by atoms with Crippen LogP contribution in [0.25, 0.3) is 11.0 Å². The highest BCUT2D eigenvalue weighted by Gasteiger charge is 2.19. The summed E-state index contributed by atoms with van der Waals surface area (Å²) in [5, 5.41) is 17.6. The Morgan fingerprint density at radius 1 is 1.25 bits per heavy atom. The van der Waals surface area contributed by atoms with E-state index in [1.165, 1.54) is 17.9 Å². The normalized spacial score (nSPS) is 13.8. The zero-order valence-corrected chi connectivity index (χ0v) is 20.5. The van der Waals surface area contributed by atoms with Crippen molar-refractivity contribution in [2.24, 2.45) is 23.1 Å². The lowest BCUT2D eigenvalue weighted by Crippen LogP contribution is -2.34. The molecule has 4 aromatic rings. The SMILES string of the molecule is C=C1C=CC(c2cc(C)ns2)=NN1/C(CNc1ccnc2cc(OCc3ncnn3C)cnc12)=N\N. The van der Waals surface area contributed by atoms with Crippen molar-refractivity contribution in [1.82, 2.24) is 34.1 Å². The lowest BCUT2D eigenvalue weighted by Gasteiger charge is -2.24. The number of nitrogens with zero attached hydrogens (tertiary/aromatic N) is 9. The van der Waals surface area contributed by atoms with Gasteiger partial charge in [0.05, 0.1) is 40.2 Å². The summed E-state index contributed by atoms with van der Waals surface area (Å²) in [6, 6.07) is 5.65. The van der Waals surface area contributed by atoms with Gasteiger partial charge in [-0.25, -0.2) is 15.0 Å². The van der Waals surface area contributed by atoms with E-state index in [0.29, 0.717) is 34.1 Å². The van der Waals surface area contributed by atoms with E-state index in [-0.39, 0.29) is 13.2 Å². The van der Waals surface area contributed by atoms with Crippen LogP contribution in [0.1, 0.15) is 16.4 Å². The van der Waals surface area contributed by atoms with E-state index in [0.717, 1.165) is 22.0 Å². The molecule has 5 heterocycles. The van der Waals surface area contributed by atoms with Crippen molar-refractivity contribution < 1.29 is 4.74 Å². The molecule has 0 aliphatic carbocycles. The van der Waals surface area contributed by atoms with Crippen LogP contribution in [0.3, 0.4) is 0 Å². The van der Waals surface area contributed by atoms with Gasteiger partial charge in [0.2, 0.25) is 0 Å². The molecule has 182 valence electrons. The zero-order valence-electron chi connectivity index (χ0n) is 19.7. The minimum atomic E-state index is 0.274. The van der Waals surface area contributed by atoms with Gasteiger partial charge in [0.15, 0.2) is 11.7 Å². The quantitative estimate of drug-likeness (QED) is 0.169. The van der Waals surface area contributed by atoms with Gasteiger partial charge >= 0.3 is 0 Å². The molecule has 0 unspecified atom stereocenters. The van der Waals surface area contributed by atoms with E-state index in [9.17, 15) is 0 Å². The van der Waals surface area contributed by atoms with Crippen LogP contribution in [-0.2, 0) is 13.7 Å². The molecule has 0 radical (unpaired) electrons. The number of aryl methyl sites for hydroxylation is 2. The molecule has 0 aromatic carbocycles. The van der Waals surface area contributed by atoms with Gasteiger partial charge in [0.1, 0.15) is 29.9 Å². The number of nitrogens with one attached hydrogen (secondary N) is 1. The Morgan fingerprint density at radius 3 is 2.89 bits per heavy atom. The zero-order chi connectivity index (χ0) is 25.1.